The average Bonchev–Trinajstić information content (AvgIpc) is 3.33. The van der Waals surface area contributed by atoms with Crippen LogP contribution in [-0.2, 0) is 17.2 Å². The summed E-state index contributed by atoms with van der Waals surface area (Å²) in [5.41, 5.74) is 3.48. The number of aryl methyl sites for hydroxylation is 1. The molecule has 0 spiro atoms. The third-order valence-corrected chi connectivity index (χ3v) is 7.24. The number of hydrogen-bond acceptors (Lipinski definition) is 6. The molecule has 8 heteroatoms. The Kier molecular flexibility index (Phi) is 7.76. The second-order valence-corrected chi connectivity index (χ2v) is 12.1. The van der Waals surface area contributed by atoms with Crippen LogP contribution in [0.4, 0.5) is 4.79 Å². The molecule has 1 fully saturated rings. The molecule has 1 aliphatic rings. The van der Waals surface area contributed by atoms with Crippen molar-refractivity contribution in [2.75, 3.05) is 0 Å². The highest BCUT2D eigenvalue weighted by atomic mass is 16.6. The van der Waals surface area contributed by atoms with Gasteiger partial charge in [-0.3, -0.25) is 9.67 Å². The smallest absolute Gasteiger partial charge is 0.407 e. The van der Waals surface area contributed by atoms with Crippen molar-refractivity contribution in [2.24, 2.45) is 7.05 Å². The quantitative estimate of drug-likeness (QED) is 0.251. The number of hydrogen-bond donors (Lipinski definition) is 1. The highest BCUT2D eigenvalue weighted by molar-refractivity contribution is 5.68. The molecule has 41 heavy (non-hydrogen) atoms. The number of alkyl carbamates (subject to hydrolysis) is 1. The molecular weight excluding hydrogens is 516 g/mol. The molecule has 4 aromatic rings. The van der Waals surface area contributed by atoms with Crippen LogP contribution in [0.1, 0.15) is 58.6 Å². The Labute approximate surface area is 241 Å². The molecule has 1 N–H and O–H groups in total. The molecule has 1 saturated carbocycles. The zero-order valence-corrected chi connectivity index (χ0v) is 24.5. The van der Waals surface area contributed by atoms with Gasteiger partial charge in [-0.2, -0.15) is 5.10 Å². The molecule has 0 saturated heterocycles. The molecule has 0 aliphatic heterocycles. The van der Waals surface area contributed by atoms with E-state index in [9.17, 15) is 4.79 Å². The van der Waals surface area contributed by atoms with Crippen LogP contribution in [0.2, 0.25) is 0 Å². The van der Waals surface area contributed by atoms with E-state index in [0.29, 0.717) is 5.75 Å². The van der Waals surface area contributed by atoms with E-state index >= 15 is 0 Å². The highest BCUT2D eigenvalue weighted by Gasteiger charge is 2.33. The molecule has 1 amide bonds. The fourth-order valence-corrected chi connectivity index (χ4v) is 4.80. The van der Waals surface area contributed by atoms with Crippen LogP contribution in [0.3, 0.4) is 0 Å². The summed E-state index contributed by atoms with van der Waals surface area (Å²) < 4.78 is 19.2. The number of carbonyl (C=O) groups excluding carboxylic acids is 1. The van der Waals surface area contributed by atoms with E-state index in [2.05, 4.69) is 53.5 Å². The number of ether oxygens (including phenoxy) is 3. The highest BCUT2D eigenvalue weighted by Crippen LogP contribution is 2.35. The van der Waals surface area contributed by atoms with Crippen LogP contribution in [0.25, 0.3) is 11.3 Å². The Bertz CT molecular complexity index is 1460. The van der Waals surface area contributed by atoms with E-state index in [-0.39, 0.29) is 23.7 Å². The Morgan fingerprint density at radius 3 is 2.00 bits per heavy atom. The summed E-state index contributed by atoms with van der Waals surface area (Å²) in [6.07, 6.45) is 6.70. The lowest BCUT2D eigenvalue weighted by Gasteiger charge is -2.36. The molecule has 8 nitrogen and oxygen atoms in total. The van der Waals surface area contributed by atoms with Crippen molar-refractivity contribution in [3.05, 3.63) is 90.4 Å². The maximum absolute atomic E-state index is 11.9. The van der Waals surface area contributed by atoms with Crippen molar-refractivity contribution in [3.8, 4) is 28.5 Å². The predicted molar refractivity (Wildman–Crippen MR) is 158 cm³/mol. The minimum absolute atomic E-state index is 0.0856. The number of nitrogens with one attached hydrogen (secondary N) is 1. The monoisotopic (exact) mass is 554 g/mol. The molecule has 1 aliphatic carbocycles. The molecule has 214 valence electrons. The van der Waals surface area contributed by atoms with Crippen LogP contribution >= 0.6 is 0 Å². The second kappa shape index (κ2) is 11.3. The number of pyridine rings is 1. The molecule has 2 heterocycles. The maximum atomic E-state index is 11.9. The molecular formula is C33H38N4O4. The third kappa shape index (κ3) is 7.06. The van der Waals surface area contributed by atoms with Gasteiger partial charge in [0, 0.05) is 43.1 Å². The first-order valence-electron chi connectivity index (χ1n) is 13.9. The normalized spacial score (nSPS) is 16.9. The lowest BCUT2D eigenvalue weighted by Crippen LogP contribution is -2.50. The van der Waals surface area contributed by atoms with Crippen LogP contribution in [-0.4, -0.2) is 38.6 Å². The van der Waals surface area contributed by atoms with E-state index in [1.54, 1.807) is 17.1 Å². The van der Waals surface area contributed by atoms with Gasteiger partial charge in [0.15, 0.2) is 0 Å². The zero-order valence-electron chi connectivity index (χ0n) is 24.5. The fourth-order valence-electron chi connectivity index (χ4n) is 4.80. The first-order chi connectivity index (χ1) is 19.4. The number of carbonyl (C=O) groups is 1. The molecule has 0 radical (unpaired) electrons. The van der Waals surface area contributed by atoms with Crippen LogP contribution in [0.15, 0.2) is 79.3 Å². The minimum Gasteiger partial charge on any atom is -0.490 e. The zero-order chi connectivity index (χ0) is 29.2. The molecule has 0 unspecified atom stereocenters. The number of benzene rings is 2. The van der Waals surface area contributed by atoms with Gasteiger partial charge >= 0.3 is 6.09 Å². The van der Waals surface area contributed by atoms with Gasteiger partial charge in [-0.05, 0) is 68.3 Å². The first-order valence-corrected chi connectivity index (χ1v) is 13.9. The van der Waals surface area contributed by atoms with Crippen molar-refractivity contribution < 1.29 is 19.0 Å². The van der Waals surface area contributed by atoms with E-state index < -0.39 is 5.60 Å². The largest absolute Gasteiger partial charge is 0.490 e. The van der Waals surface area contributed by atoms with Gasteiger partial charge in [0.2, 0.25) is 0 Å². The molecule has 0 bridgehead atoms. The van der Waals surface area contributed by atoms with Gasteiger partial charge in [0.1, 0.15) is 29.0 Å². The Morgan fingerprint density at radius 2 is 1.46 bits per heavy atom. The van der Waals surface area contributed by atoms with Gasteiger partial charge in [-0.1, -0.05) is 38.1 Å². The summed E-state index contributed by atoms with van der Waals surface area (Å²) in [4.78, 5) is 16.5. The van der Waals surface area contributed by atoms with Crippen LogP contribution in [0, 0.1) is 0 Å². The van der Waals surface area contributed by atoms with Crippen LogP contribution in [0.5, 0.6) is 17.2 Å². The molecule has 0 atom stereocenters. The van der Waals surface area contributed by atoms with Gasteiger partial charge < -0.3 is 19.5 Å². The van der Waals surface area contributed by atoms with E-state index in [1.165, 1.54) is 11.1 Å². The van der Waals surface area contributed by atoms with Crippen molar-refractivity contribution in [2.45, 2.75) is 70.6 Å². The summed E-state index contributed by atoms with van der Waals surface area (Å²) in [7, 11) is 1.89. The number of rotatable bonds is 8. The standard InChI is InChI=1S/C33H38N4O4/c1-32(2,3)41-31(38)36-25-17-29(18-25)40-27-13-9-24(10-14-27)33(4,5)23-7-11-26(12-8-23)39-28-15-16-30(34-20-28)22-19-35-37(6)21-22/h7-16,19-21,25,29H,17-18H2,1-6H3,(H,36,38). The summed E-state index contributed by atoms with van der Waals surface area (Å²) >= 11 is 0. The number of nitrogens with zero attached hydrogens (tertiary/aromatic N) is 3. The first kappa shape index (κ1) is 28.2. The van der Waals surface area contributed by atoms with Gasteiger partial charge in [0.05, 0.1) is 18.1 Å². The van der Waals surface area contributed by atoms with Gasteiger partial charge in [-0.25, -0.2) is 4.79 Å². The van der Waals surface area contributed by atoms with Gasteiger partial charge in [0.25, 0.3) is 0 Å². The second-order valence-electron chi connectivity index (χ2n) is 12.1. The Morgan fingerprint density at radius 1 is 0.854 bits per heavy atom. The Hall–Kier alpha value is -4.33. The maximum Gasteiger partial charge on any atom is 0.407 e. The lowest BCUT2D eigenvalue weighted by atomic mass is 9.78. The predicted octanol–water partition coefficient (Wildman–Crippen LogP) is 7.03. The topological polar surface area (TPSA) is 87.5 Å². The number of aromatic nitrogens is 3. The van der Waals surface area contributed by atoms with Crippen molar-refractivity contribution in [1.29, 1.82) is 0 Å². The van der Waals surface area contributed by atoms with Crippen molar-refractivity contribution >= 4 is 6.09 Å². The van der Waals surface area contributed by atoms with Crippen molar-refractivity contribution in [1.82, 2.24) is 20.1 Å². The van der Waals surface area contributed by atoms with E-state index in [4.69, 9.17) is 14.2 Å². The average molecular weight is 555 g/mol. The summed E-state index contributed by atoms with van der Waals surface area (Å²) in [6.45, 7) is 9.99. The van der Waals surface area contributed by atoms with Crippen molar-refractivity contribution in [3.63, 3.8) is 0 Å². The van der Waals surface area contributed by atoms with E-state index in [0.717, 1.165) is 35.6 Å². The Balaban J connectivity index is 1.13. The molecule has 2 aromatic carbocycles. The number of amides is 1. The molecule has 5 rings (SSSR count). The fraction of sp³-hybridized carbons (Fsp3) is 0.364. The SMILES string of the molecule is Cn1cc(-c2ccc(Oc3ccc(C(C)(C)c4ccc(OC5CC(NC(=O)OC(C)(C)C)C5)cc4)cc3)cn2)cn1. The third-order valence-electron chi connectivity index (χ3n) is 7.24. The van der Waals surface area contributed by atoms with Gasteiger partial charge in [-0.15, -0.1) is 0 Å². The summed E-state index contributed by atoms with van der Waals surface area (Å²) in [5.74, 6) is 2.26. The lowest BCUT2D eigenvalue weighted by molar-refractivity contribution is 0.0363. The molecule has 2 aromatic heterocycles. The summed E-state index contributed by atoms with van der Waals surface area (Å²) in [5, 5.41) is 7.10. The minimum atomic E-state index is -0.499. The van der Waals surface area contributed by atoms with E-state index in [1.807, 2.05) is 70.4 Å². The summed E-state index contributed by atoms with van der Waals surface area (Å²) in [6, 6.07) is 20.4. The van der Waals surface area contributed by atoms with Crippen LogP contribution < -0.4 is 14.8 Å².